The highest BCUT2D eigenvalue weighted by Crippen LogP contribution is 2.29. The predicted octanol–water partition coefficient (Wildman–Crippen LogP) is 3.88. The van der Waals surface area contributed by atoms with Gasteiger partial charge in [-0.1, -0.05) is 30.3 Å². The molecule has 0 spiro atoms. The van der Waals surface area contributed by atoms with Gasteiger partial charge in [0.25, 0.3) is 0 Å². The van der Waals surface area contributed by atoms with Crippen LogP contribution in [0.2, 0.25) is 0 Å². The number of benzene rings is 2. The number of amides is 3. The molecule has 0 heterocycles. The lowest BCUT2D eigenvalue weighted by atomic mass is 10.1. The normalized spacial score (nSPS) is 11.4. The van der Waals surface area contributed by atoms with Crippen molar-refractivity contribution in [2.75, 3.05) is 24.8 Å². The Morgan fingerprint density at radius 3 is 2.36 bits per heavy atom. The molecule has 6 heteroatoms. The second kappa shape index (κ2) is 8.19. The summed E-state index contributed by atoms with van der Waals surface area (Å²) in [5.41, 5.74) is 2.12. The van der Waals surface area contributed by atoms with E-state index in [1.54, 1.807) is 30.1 Å². The number of ether oxygens (including phenoxy) is 1. The van der Waals surface area contributed by atoms with Gasteiger partial charge in [0, 0.05) is 19.7 Å². The first-order chi connectivity index (χ1) is 11.9. The smallest absolute Gasteiger partial charge is 0.322 e. The van der Waals surface area contributed by atoms with Crippen LogP contribution in [-0.2, 0) is 4.79 Å². The Hall–Kier alpha value is -3.02. The lowest BCUT2D eigenvalue weighted by molar-refractivity contribution is -0.114. The van der Waals surface area contributed by atoms with Crippen LogP contribution >= 0.6 is 0 Å². The van der Waals surface area contributed by atoms with Crippen LogP contribution in [0.1, 0.15) is 25.5 Å². The number of anilines is 2. The van der Waals surface area contributed by atoms with Gasteiger partial charge in [-0.15, -0.1) is 0 Å². The second-order valence-corrected chi connectivity index (χ2v) is 5.72. The first-order valence-corrected chi connectivity index (χ1v) is 7.96. The lowest BCUT2D eigenvalue weighted by Crippen LogP contribution is -2.33. The molecule has 0 aliphatic carbocycles. The first-order valence-electron chi connectivity index (χ1n) is 7.96. The molecule has 1 atom stereocenters. The van der Waals surface area contributed by atoms with E-state index < -0.39 is 0 Å². The van der Waals surface area contributed by atoms with Gasteiger partial charge >= 0.3 is 6.03 Å². The molecule has 0 aliphatic heterocycles. The number of carbonyl (C=O) groups excluding carboxylic acids is 2. The summed E-state index contributed by atoms with van der Waals surface area (Å²) in [6, 6.07) is 14.5. The summed E-state index contributed by atoms with van der Waals surface area (Å²) in [6.07, 6.45) is 0. The highest BCUT2D eigenvalue weighted by atomic mass is 16.5. The standard InChI is InChI=1S/C19H23N3O3/c1-13(15-8-6-5-7-9-15)22(3)19(24)21-17-12-16(20-14(2)23)10-11-18(17)25-4/h5-13H,1-4H3,(H,20,23)(H,21,24). The Morgan fingerprint density at radius 1 is 1.08 bits per heavy atom. The van der Waals surface area contributed by atoms with Crippen molar-refractivity contribution in [3.8, 4) is 5.75 Å². The Bertz CT molecular complexity index is 747. The highest BCUT2D eigenvalue weighted by Gasteiger charge is 2.18. The van der Waals surface area contributed by atoms with Crippen molar-refractivity contribution in [2.24, 2.45) is 0 Å². The van der Waals surface area contributed by atoms with Crippen LogP contribution in [0.4, 0.5) is 16.2 Å². The Labute approximate surface area is 147 Å². The summed E-state index contributed by atoms with van der Waals surface area (Å²) >= 11 is 0. The summed E-state index contributed by atoms with van der Waals surface area (Å²) in [6.45, 7) is 3.39. The van der Waals surface area contributed by atoms with Gasteiger partial charge in [-0.2, -0.15) is 0 Å². The molecular weight excluding hydrogens is 318 g/mol. The zero-order chi connectivity index (χ0) is 18.4. The van der Waals surface area contributed by atoms with Gasteiger partial charge in [0.1, 0.15) is 5.75 Å². The van der Waals surface area contributed by atoms with Crippen molar-refractivity contribution in [2.45, 2.75) is 19.9 Å². The van der Waals surface area contributed by atoms with Gasteiger partial charge < -0.3 is 20.3 Å². The zero-order valence-electron chi connectivity index (χ0n) is 14.9. The SMILES string of the molecule is COc1ccc(NC(C)=O)cc1NC(=O)N(C)C(C)c1ccccc1. The van der Waals surface area contributed by atoms with Gasteiger partial charge in [-0.3, -0.25) is 4.79 Å². The van der Waals surface area contributed by atoms with Gasteiger partial charge in [-0.25, -0.2) is 4.79 Å². The topological polar surface area (TPSA) is 70.7 Å². The molecule has 2 aromatic rings. The van der Waals surface area contributed by atoms with E-state index in [2.05, 4.69) is 10.6 Å². The summed E-state index contributed by atoms with van der Waals surface area (Å²) < 4.78 is 5.29. The third kappa shape index (κ3) is 4.73. The van der Waals surface area contributed by atoms with Crippen molar-refractivity contribution in [3.05, 3.63) is 54.1 Å². The molecule has 0 aliphatic rings. The van der Waals surface area contributed by atoms with Crippen LogP contribution in [0.15, 0.2) is 48.5 Å². The second-order valence-electron chi connectivity index (χ2n) is 5.72. The van der Waals surface area contributed by atoms with Crippen LogP contribution in [-0.4, -0.2) is 31.0 Å². The average Bonchev–Trinajstić information content (AvgIpc) is 2.61. The fraction of sp³-hybridized carbons (Fsp3) is 0.263. The lowest BCUT2D eigenvalue weighted by Gasteiger charge is -2.26. The molecule has 0 saturated carbocycles. The van der Waals surface area contributed by atoms with Crippen molar-refractivity contribution >= 4 is 23.3 Å². The van der Waals surface area contributed by atoms with Gasteiger partial charge in [0.2, 0.25) is 5.91 Å². The third-order valence-electron chi connectivity index (χ3n) is 3.94. The largest absolute Gasteiger partial charge is 0.495 e. The minimum absolute atomic E-state index is 0.0919. The molecule has 2 N–H and O–H groups in total. The fourth-order valence-electron chi connectivity index (χ4n) is 2.42. The maximum Gasteiger partial charge on any atom is 0.322 e. The van der Waals surface area contributed by atoms with E-state index in [1.165, 1.54) is 14.0 Å². The number of nitrogens with one attached hydrogen (secondary N) is 2. The molecule has 3 amide bonds. The summed E-state index contributed by atoms with van der Waals surface area (Å²) in [4.78, 5) is 25.4. The fourth-order valence-corrected chi connectivity index (χ4v) is 2.42. The van der Waals surface area contributed by atoms with E-state index in [0.717, 1.165) is 5.56 Å². The van der Waals surface area contributed by atoms with Crippen LogP contribution in [0.5, 0.6) is 5.75 Å². The van der Waals surface area contributed by atoms with Gasteiger partial charge in [0.15, 0.2) is 0 Å². The number of hydrogen-bond acceptors (Lipinski definition) is 3. The molecule has 0 radical (unpaired) electrons. The van der Waals surface area contributed by atoms with Crippen molar-refractivity contribution in [3.63, 3.8) is 0 Å². The van der Waals surface area contributed by atoms with E-state index in [9.17, 15) is 9.59 Å². The molecule has 132 valence electrons. The summed E-state index contributed by atoms with van der Waals surface area (Å²) in [7, 11) is 3.26. The molecule has 2 rings (SSSR count). The monoisotopic (exact) mass is 341 g/mol. The number of methoxy groups -OCH3 is 1. The molecule has 25 heavy (non-hydrogen) atoms. The molecule has 0 aromatic heterocycles. The molecule has 6 nitrogen and oxygen atoms in total. The first kappa shape index (κ1) is 18.3. The van der Waals surface area contributed by atoms with E-state index >= 15 is 0 Å². The van der Waals surface area contributed by atoms with Crippen LogP contribution < -0.4 is 15.4 Å². The number of urea groups is 1. The van der Waals surface area contributed by atoms with Crippen molar-refractivity contribution < 1.29 is 14.3 Å². The number of rotatable bonds is 5. The zero-order valence-corrected chi connectivity index (χ0v) is 14.9. The van der Waals surface area contributed by atoms with E-state index in [1.807, 2.05) is 37.3 Å². The Morgan fingerprint density at radius 2 is 1.76 bits per heavy atom. The molecule has 0 fully saturated rings. The Kier molecular flexibility index (Phi) is 6.00. The van der Waals surface area contributed by atoms with Crippen molar-refractivity contribution in [1.29, 1.82) is 0 Å². The number of hydrogen-bond donors (Lipinski definition) is 2. The van der Waals surface area contributed by atoms with E-state index in [0.29, 0.717) is 17.1 Å². The third-order valence-corrected chi connectivity index (χ3v) is 3.94. The molecule has 2 aromatic carbocycles. The van der Waals surface area contributed by atoms with Crippen LogP contribution in [0, 0.1) is 0 Å². The van der Waals surface area contributed by atoms with E-state index in [4.69, 9.17) is 4.74 Å². The minimum atomic E-state index is -0.269. The van der Waals surface area contributed by atoms with Crippen LogP contribution in [0.3, 0.4) is 0 Å². The number of carbonyl (C=O) groups is 2. The van der Waals surface area contributed by atoms with Crippen LogP contribution in [0.25, 0.3) is 0 Å². The molecule has 1 unspecified atom stereocenters. The molecule has 0 bridgehead atoms. The van der Waals surface area contributed by atoms with Crippen molar-refractivity contribution in [1.82, 2.24) is 4.90 Å². The van der Waals surface area contributed by atoms with Gasteiger partial charge in [-0.05, 0) is 30.7 Å². The molecule has 0 saturated heterocycles. The quantitative estimate of drug-likeness (QED) is 0.867. The van der Waals surface area contributed by atoms with Gasteiger partial charge in [0.05, 0.1) is 18.8 Å². The maximum absolute atomic E-state index is 12.6. The minimum Gasteiger partial charge on any atom is -0.495 e. The molecular formula is C19H23N3O3. The summed E-state index contributed by atoms with van der Waals surface area (Å²) in [5, 5.41) is 5.52. The predicted molar refractivity (Wildman–Crippen MR) is 98.9 cm³/mol. The Balaban J connectivity index is 2.17. The average molecular weight is 341 g/mol. The maximum atomic E-state index is 12.6. The van der Waals surface area contributed by atoms with E-state index in [-0.39, 0.29) is 18.0 Å². The summed E-state index contributed by atoms with van der Waals surface area (Å²) in [5.74, 6) is 0.334. The number of nitrogens with zero attached hydrogens (tertiary/aromatic N) is 1. The highest BCUT2D eigenvalue weighted by molar-refractivity contribution is 5.94.